The van der Waals surface area contributed by atoms with E-state index in [1.807, 2.05) is 0 Å². The smallest absolute Gasteiger partial charge is 0.418 e. The van der Waals surface area contributed by atoms with E-state index in [-0.39, 0.29) is 17.5 Å². The van der Waals surface area contributed by atoms with Crippen molar-refractivity contribution in [3.63, 3.8) is 0 Å². The largest absolute Gasteiger partial charge is 0.465 e. The molecule has 144 valence electrons. The molecule has 2 N–H and O–H groups in total. The highest BCUT2D eigenvalue weighted by Gasteiger charge is 2.33. The molecule has 0 spiro atoms. The highest BCUT2D eigenvalue weighted by molar-refractivity contribution is 5.90. The van der Waals surface area contributed by atoms with Gasteiger partial charge in [0, 0.05) is 5.69 Å². The number of aromatic nitrogens is 3. The Labute approximate surface area is 157 Å². The molecule has 0 bridgehead atoms. The summed E-state index contributed by atoms with van der Waals surface area (Å²) >= 11 is 0. The number of esters is 1. The molecule has 0 aliphatic carbocycles. The fourth-order valence-corrected chi connectivity index (χ4v) is 2.36. The van der Waals surface area contributed by atoms with Crippen molar-refractivity contribution in [2.75, 3.05) is 17.7 Å². The number of hydrogen-bond acceptors (Lipinski definition) is 7. The SMILES string of the molecule is COC(=O)c1cccc(Nc2nncc(Nc3ccccc3C(F)(F)F)n2)c1. The van der Waals surface area contributed by atoms with Crippen molar-refractivity contribution < 1.29 is 22.7 Å². The summed E-state index contributed by atoms with van der Waals surface area (Å²) in [6, 6.07) is 11.4. The normalized spacial score (nSPS) is 11.0. The third-order valence-electron chi connectivity index (χ3n) is 3.59. The maximum absolute atomic E-state index is 13.1. The number of alkyl halides is 3. The van der Waals surface area contributed by atoms with Crippen LogP contribution in [0, 0.1) is 0 Å². The topological polar surface area (TPSA) is 89.0 Å². The van der Waals surface area contributed by atoms with E-state index >= 15 is 0 Å². The summed E-state index contributed by atoms with van der Waals surface area (Å²) < 4.78 is 44.0. The minimum absolute atomic E-state index is 0.0384. The predicted octanol–water partition coefficient (Wildman–Crippen LogP) is 4.16. The second-order valence-corrected chi connectivity index (χ2v) is 5.53. The molecular formula is C18H14F3N5O2. The van der Waals surface area contributed by atoms with Crippen LogP contribution in [-0.2, 0) is 10.9 Å². The van der Waals surface area contributed by atoms with Crippen LogP contribution in [0.1, 0.15) is 15.9 Å². The number of nitrogens with zero attached hydrogens (tertiary/aromatic N) is 3. The Balaban J connectivity index is 1.82. The van der Waals surface area contributed by atoms with E-state index in [9.17, 15) is 18.0 Å². The van der Waals surface area contributed by atoms with Gasteiger partial charge >= 0.3 is 12.1 Å². The number of halogens is 3. The Morgan fingerprint density at radius 2 is 1.86 bits per heavy atom. The van der Waals surface area contributed by atoms with Crippen LogP contribution in [0.15, 0.2) is 54.7 Å². The average molecular weight is 389 g/mol. The van der Waals surface area contributed by atoms with Crippen LogP contribution in [0.25, 0.3) is 0 Å². The first-order chi connectivity index (χ1) is 13.4. The van der Waals surface area contributed by atoms with E-state index in [4.69, 9.17) is 0 Å². The number of ether oxygens (including phenoxy) is 1. The molecule has 2 aromatic carbocycles. The van der Waals surface area contributed by atoms with E-state index in [1.165, 1.54) is 37.6 Å². The molecule has 0 saturated heterocycles. The number of rotatable bonds is 5. The van der Waals surface area contributed by atoms with E-state index in [1.54, 1.807) is 18.2 Å². The number of para-hydroxylation sites is 1. The van der Waals surface area contributed by atoms with Gasteiger partial charge in [-0.1, -0.05) is 18.2 Å². The molecule has 0 atom stereocenters. The number of carbonyl (C=O) groups is 1. The van der Waals surface area contributed by atoms with Crippen molar-refractivity contribution in [3.05, 3.63) is 65.9 Å². The molecule has 3 aromatic rings. The summed E-state index contributed by atoms with van der Waals surface area (Å²) in [6.07, 6.45) is -3.32. The number of benzene rings is 2. The Morgan fingerprint density at radius 3 is 2.61 bits per heavy atom. The first-order valence-electron chi connectivity index (χ1n) is 7.95. The standard InChI is InChI=1S/C18H14F3N5O2/c1-28-16(27)11-5-4-6-12(9-11)23-17-25-15(10-22-26-17)24-14-8-3-2-7-13(14)18(19,20)21/h2-10H,1H3,(H2,23,24,25,26). The van der Waals surface area contributed by atoms with Crippen molar-refractivity contribution >= 4 is 29.1 Å². The fraction of sp³-hybridized carbons (Fsp3) is 0.111. The third-order valence-corrected chi connectivity index (χ3v) is 3.59. The quantitative estimate of drug-likeness (QED) is 0.633. The summed E-state index contributed by atoms with van der Waals surface area (Å²) in [6.45, 7) is 0. The zero-order valence-electron chi connectivity index (χ0n) is 14.5. The lowest BCUT2D eigenvalue weighted by Gasteiger charge is -2.14. The van der Waals surface area contributed by atoms with Gasteiger partial charge in [0.25, 0.3) is 0 Å². The van der Waals surface area contributed by atoms with E-state index in [2.05, 4.69) is 30.6 Å². The van der Waals surface area contributed by atoms with Gasteiger partial charge in [-0.25, -0.2) is 4.79 Å². The van der Waals surface area contributed by atoms with Crippen LogP contribution in [0.3, 0.4) is 0 Å². The van der Waals surface area contributed by atoms with E-state index < -0.39 is 17.7 Å². The molecule has 0 unspecified atom stereocenters. The first-order valence-corrected chi connectivity index (χ1v) is 7.95. The maximum Gasteiger partial charge on any atom is 0.418 e. The molecule has 28 heavy (non-hydrogen) atoms. The highest BCUT2D eigenvalue weighted by Crippen LogP contribution is 2.35. The average Bonchev–Trinajstić information content (AvgIpc) is 2.67. The summed E-state index contributed by atoms with van der Waals surface area (Å²) in [4.78, 5) is 15.7. The van der Waals surface area contributed by atoms with Gasteiger partial charge in [-0.3, -0.25) is 0 Å². The van der Waals surface area contributed by atoms with Gasteiger partial charge in [0.2, 0.25) is 5.95 Å². The second kappa shape index (κ2) is 7.91. The third kappa shape index (κ3) is 4.53. The number of nitrogens with one attached hydrogen (secondary N) is 2. The van der Waals surface area contributed by atoms with Gasteiger partial charge in [-0.2, -0.15) is 23.3 Å². The Bertz CT molecular complexity index is 995. The number of hydrogen-bond donors (Lipinski definition) is 2. The molecule has 10 heteroatoms. The maximum atomic E-state index is 13.1. The van der Waals surface area contributed by atoms with Crippen molar-refractivity contribution in [3.8, 4) is 0 Å². The van der Waals surface area contributed by atoms with Crippen molar-refractivity contribution in [2.45, 2.75) is 6.18 Å². The first kappa shape index (κ1) is 19.1. The monoisotopic (exact) mass is 389 g/mol. The fourth-order valence-electron chi connectivity index (χ4n) is 2.36. The number of anilines is 4. The van der Waals surface area contributed by atoms with Crippen LogP contribution in [0.2, 0.25) is 0 Å². The number of carbonyl (C=O) groups excluding carboxylic acids is 1. The molecule has 1 heterocycles. The van der Waals surface area contributed by atoms with Crippen LogP contribution >= 0.6 is 0 Å². The van der Waals surface area contributed by atoms with Crippen molar-refractivity contribution in [1.82, 2.24) is 15.2 Å². The van der Waals surface area contributed by atoms with Crippen molar-refractivity contribution in [1.29, 1.82) is 0 Å². The zero-order valence-corrected chi connectivity index (χ0v) is 14.5. The lowest BCUT2D eigenvalue weighted by atomic mass is 10.1. The second-order valence-electron chi connectivity index (χ2n) is 5.53. The molecule has 3 rings (SSSR count). The van der Waals surface area contributed by atoms with Crippen molar-refractivity contribution in [2.24, 2.45) is 0 Å². The van der Waals surface area contributed by atoms with E-state index in [0.29, 0.717) is 11.3 Å². The molecule has 0 aliphatic rings. The summed E-state index contributed by atoms with van der Waals surface area (Å²) in [7, 11) is 1.27. The van der Waals surface area contributed by atoms with Gasteiger partial charge < -0.3 is 15.4 Å². The molecule has 0 radical (unpaired) electrons. The Hall–Kier alpha value is -3.69. The lowest BCUT2D eigenvalue weighted by molar-refractivity contribution is -0.136. The van der Waals surface area contributed by atoms with Gasteiger partial charge in [-0.05, 0) is 30.3 Å². The van der Waals surface area contributed by atoms with Crippen LogP contribution in [0.4, 0.5) is 36.3 Å². The van der Waals surface area contributed by atoms with Crippen LogP contribution in [0.5, 0.6) is 0 Å². The molecule has 0 aliphatic heterocycles. The summed E-state index contributed by atoms with van der Waals surface area (Å²) in [5.74, 6) is -0.406. The summed E-state index contributed by atoms with van der Waals surface area (Å²) in [5, 5.41) is 13.0. The summed E-state index contributed by atoms with van der Waals surface area (Å²) in [5.41, 5.74) is -0.186. The molecule has 7 nitrogen and oxygen atoms in total. The lowest BCUT2D eigenvalue weighted by Crippen LogP contribution is -2.10. The van der Waals surface area contributed by atoms with Gasteiger partial charge in [0.1, 0.15) is 0 Å². The van der Waals surface area contributed by atoms with Gasteiger partial charge in [-0.15, -0.1) is 5.10 Å². The molecule has 0 saturated carbocycles. The molecular weight excluding hydrogens is 375 g/mol. The predicted molar refractivity (Wildman–Crippen MR) is 95.6 cm³/mol. The Morgan fingerprint density at radius 1 is 1.07 bits per heavy atom. The Kier molecular flexibility index (Phi) is 5.39. The molecule has 0 fully saturated rings. The highest BCUT2D eigenvalue weighted by atomic mass is 19.4. The molecule has 1 aromatic heterocycles. The van der Waals surface area contributed by atoms with Gasteiger partial charge in [0.15, 0.2) is 5.82 Å². The zero-order chi connectivity index (χ0) is 20.1. The molecule has 0 amide bonds. The van der Waals surface area contributed by atoms with E-state index in [0.717, 1.165) is 6.07 Å². The minimum atomic E-state index is -4.51. The van der Waals surface area contributed by atoms with Crippen LogP contribution < -0.4 is 10.6 Å². The van der Waals surface area contributed by atoms with Crippen LogP contribution in [-0.4, -0.2) is 28.3 Å². The van der Waals surface area contributed by atoms with Gasteiger partial charge in [0.05, 0.1) is 30.1 Å². The number of methoxy groups -OCH3 is 1. The minimum Gasteiger partial charge on any atom is -0.465 e.